The van der Waals surface area contributed by atoms with E-state index >= 15 is 0 Å². The molecular weight excluding hydrogens is 252 g/mol. The molecule has 3 aromatic rings. The lowest BCUT2D eigenvalue weighted by Crippen LogP contribution is -2.01. The normalized spacial score (nSPS) is 11.3. The molecule has 2 heteroatoms. The molecule has 96 valence electrons. The van der Waals surface area contributed by atoms with Gasteiger partial charge in [-0.3, -0.25) is 4.79 Å². The van der Waals surface area contributed by atoms with Gasteiger partial charge in [0.25, 0.3) is 0 Å². The fourth-order valence-electron chi connectivity index (χ4n) is 2.45. The van der Waals surface area contributed by atoms with E-state index < -0.39 is 0 Å². The number of hydrogen-bond acceptors (Lipinski definition) is 2. The molecule has 2 aromatic carbocycles. The molecule has 0 amide bonds. The van der Waals surface area contributed by atoms with E-state index in [1.54, 1.807) is 11.3 Å². The summed E-state index contributed by atoms with van der Waals surface area (Å²) in [5.41, 5.74) is 2.68. The van der Waals surface area contributed by atoms with Gasteiger partial charge in [0.2, 0.25) is 0 Å². The maximum absolute atomic E-state index is 12.5. The summed E-state index contributed by atoms with van der Waals surface area (Å²) in [6.45, 7) is 4.24. The zero-order chi connectivity index (χ0) is 13.4. The van der Waals surface area contributed by atoms with Crippen LogP contribution >= 0.6 is 11.3 Å². The van der Waals surface area contributed by atoms with Crippen LogP contribution in [0.2, 0.25) is 0 Å². The standard InChI is InChI=1S/C17H16OS/c1-3-4-12-6-8-14-16(10-12)19-15-9-11(2)5-7-13(15)17(14)18/h5-10H,3-4H2,1-2H3. The monoisotopic (exact) mass is 268 g/mol. The van der Waals surface area contributed by atoms with Gasteiger partial charge in [0, 0.05) is 20.2 Å². The highest BCUT2D eigenvalue weighted by molar-refractivity contribution is 7.24. The average Bonchev–Trinajstić information content (AvgIpc) is 2.38. The molecule has 1 heterocycles. The van der Waals surface area contributed by atoms with E-state index in [9.17, 15) is 4.79 Å². The minimum Gasteiger partial charge on any atom is -0.289 e. The van der Waals surface area contributed by atoms with Crippen molar-refractivity contribution in [2.45, 2.75) is 26.7 Å². The molecule has 0 fully saturated rings. The van der Waals surface area contributed by atoms with Crippen molar-refractivity contribution in [1.29, 1.82) is 0 Å². The Labute approximate surface area is 116 Å². The van der Waals surface area contributed by atoms with Crippen molar-refractivity contribution < 1.29 is 0 Å². The molecular formula is C17H16OS. The highest BCUT2D eigenvalue weighted by Gasteiger charge is 2.06. The van der Waals surface area contributed by atoms with Crippen molar-refractivity contribution in [3.05, 3.63) is 57.7 Å². The largest absolute Gasteiger partial charge is 0.289 e. The number of aryl methyl sites for hydroxylation is 2. The highest BCUT2D eigenvalue weighted by Crippen LogP contribution is 2.26. The fraction of sp³-hybridized carbons (Fsp3) is 0.235. The van der Waals surface area contributed by atoms with Crippen LogP contribution in [-0.4, -0.2) is 0 Å². The number of rotatable bonds is 2. The second-order valence-electron chi connectivity index (χ2n) is 5.01. The van der Waals surface area contributed by atoms with Gasteiger partial charge in [-0.1, -0.05) is 25.5 Å². The zero-order valence-corrected chi connectivity index (χ0v) is 12.0. The second kappa shape index (κ2) is 4.78. The summed E-state index contributed by atoms with van der Waals surface area (Å²) >= 11 is 1.72. The van der Waals surface area contributed by atoms with E-state index in [2.05, 4.69) is 32.0 Å². The van der Waals surface area contributed by atoms with Gasteiger partial charge in [0.05, 0.1) is 0 Å². The minimum atomic E-state index is 0.159. The maximum atomic E-state index is 12.5. The summed E-state index contributed by atoms with van der Waals surface area (Å²) in [6, 6.07) is 12.3. The van der Waals surface area contributed by atoms with Gasteiger partial charge in [0.1, 0.15) is 0 Å². The van der Waals surface area contributed by atoms with Gasteiger partial charge in [0.15, 0.2) is 5.43 Å². The molecule has 0 saturated heterocycles. The Kier molecular flexibility index (Phi) is 3.11. The van der Waals surface area contributed by atoms with Gasteiger partial charge >= 0.3 is 0 Å². The van der Waals surface area contributed by atoms with Crippen molar-refractivity contribution in [3.8, 4) is 0 Å². The van der Waals surface area contributed by atoms with Crippen LogP contribution < -0.4 is 5.43 Å². The van der Waals surface area contributed by atoms with Crippen molar-refractivity contribution in [2.75, 3.05) is 0 Å². The smallest absolute Gasteiger partial charge is 0.195 e. The lowest BCUT2D eigenvalue weighted by molar-refractivity contribution is 0.924. The predicted molar refractivity (Wildman–Crippen MR) is 84.3 cm³/mol. The summed E-state index contributed by atoms with van der Waals surface area (Å²) in [5, 5.41) is 1.69. The van der Waals surface area contributed by atoms with Crippen molar-refractivity contribution in [2.24, 2.45) is 0 Å². The SMILES string of the molecule is CCCc1ccc2c(=O)c3ccc(C)cc3sc2c1. The predicted octanol–water partition coefficient (Wildman–Crippen LogP) is 4.68. The maximum Gasteiger partial charge on any atom is 0.195 e. The number of hydrogen-bond donors (Lipinski definition) is 0. The number of fused-ring (bicyclic) bond motifs is 2. The van der Waals surface area contributed by atoms with E-state index in [0.717, 1.165) is 33.0 Å². The average molecular weight is 268 g/mol. The first-order valence-corrected chi connectivity index (χ1v) is 7.47. The van der Waals surface area contributed by atoms with E-state index in [-0.39, 0.29) is 5.43 Å². The molecule has 3 rings (SSSR count). The number of benzene rings is 2. The third-order valence-corrected chi connectivity index (χ3v) is 4.55. The Balaban J connectivity index is 2.36. The van der Waals surface area contributed by atoms with Gasteiger partial charge in [-0.15, -0.1) is 11.3 Å². The molecule has 1 nitrogen and oxygen atoms in total. The molecule has 1 aromatic heterocycles. The molecule has 19 heavy (non-hydrogen) atoms. The van der Waals surface area contributed by atoms with Crippen molar-refractivity contribution >= 4 is 31.5 Å². The van der Waals surface area contributed by atoms with Gasteiger partial charge in [-0.2, -0.15) is 0 Å². The molecule has 0 bridgehead atoms. The Morgan fingerprint density at radius 2 is 1.68 bits per heavy atom. The summed E-state index contributed by atoms with van der Waals surface area (Å²) < 4.78 is 2.19. The molecule has 0 atom stereocenters. The van der Waals surface area contributed by atoms with Crippen LogP contribution in [0.15, 0.2) is 41.2 Å². The van der Waals surface area contributed by atoms with Crippen LogP contribution in [0.1, 0.15) is 24.5 Å². The first-order chi connectivity index (χ1) is 9.19. The van der Waals surface area contributed by atoms with Crippen LogP contribution in [0, 0.1) is 6.92 Å². The molecule has 0 radical (unpaired) electrons. The lowest BCUT2D eigenvalue weighted by atomic mass is 10.1. The van der Waals surface area contributed by atoms with Crippen LogP contribution in [0.3, 0.4) is 0 Å². The van der Waals surface area contributed by atoms with Crippen LogP contribution in [0.5, 0.6) is 0 Å². The summed E-state index contributed by atoms with van der Waals surface area (Å²) in [7, 11) is 0. The topological polar surface area (TPSA) is 17.1 Å². The molecule has 0 N–H and O–H groups in total. The van der Waals surface area contributed by atoms with Crippen LogP contribution in [0.4, 0.5) is 0 Å². The quantitative estimate of drug-likeness (QED) is 0.617. The Morgan fingerprint density at radius 1 is 1.00 bits per heavy atom. The molecule has 0 aliphatic carbocycles. The summed E-state index contributed by atoms with van der Waals surface area (Å²) in [6.07, 6.45) is 2.20. The third-order valence-electron chi connectivity index (χ3n) is 3.43. The third kappa shape index (κ3) is 2.17. The summed E-state index contributed by atoms with van der Waals surface area (Å²) in [4.78, 5) is 12.5. The first-order valence-electron chi connectivity index (χ1n) is 6.65. The van der Waals surface area contributed by atoms with E-state index in [4.69, 9.17) is 0 Å². The second-order valence-corrected chi connectivity index (χ2v) is 6.10. The zero-order valence-electron chi connectivity index (χ0n) is 11.2. The Hall–Kier alpha value is -1.67. The van der Waals surface area contributed by atoms with Crippen LogP contribution in [-0.2, 0) is 6.42 Å². The summed E-state index contributed by atoms with van der Waals surface area (Å²) in [5.74, 6) is 0. The van der Waals surface area contributed by atoms with Crippen LogP contribution in [0.25, 0.3) is 20.2 Å². The molecule has 0 unspecified atom stereocenters. The highest BCUT2D eigenvalue weighted by atomic mass is 32.1. The van der Waals surface area contributed by atoms with Gasteiger partial charge < -0.3 is 0 Å². The van der Waals surface area contributed by atoms with Crippen molar-refractivity contribution in [3.63, 3.8) is 0 Å². The molecule has 0 aliphatic heterocycles. The van der Waals surface area contributed by atoms with E-state index in [1.807, 2.05) is 18.2 Å². The lowest BCUT2D eigenvalue weighted by Gasteiger charge is -2.04. The van der Waals surface area contributed by atoms with E-state index in [1.165, 1.54) is 11.1 Å². The van der Waals surface area contributed by atoms with E-state index in [0.29, 0.717) is 0 Å². The van der Waals surface area contributed by atoms with Gasteiger partial charge in [-0.25, -0.2) is 0 Å². The first kappa shape index (κ1) is 12.4. The molecule has 0 aliphatic rings. The Morgan fingerprint density at radius 3 is 2.42 bits per heavy atom. The minimum absolute atomic E-state index is 0.159. The molecule has 0 spiro atoms. The molecule has 0 saturated carbocycles. The fourth-order valence-corrected chi connectivity index (χ4v) is 3.68. The van der Waals surface area contributed by atoms with Gasteiger partial charge in [-0.05, 0) is 48.7 Å². The Bertz CT molecular complexity index is 814. The van der Waals surface area contributed by atoms with Crippen molar-refractivity contribution in [1.82, 2.24) is 0 Å².